The number of carbonyl (C=O) groups excluding carboxylic acids is 4. The highest BCUT2D eigenvalue weighted by atomic mass is 31.2. The standard InChI is InChI=1S/C61H118O17P2/c1-5-9-13-17-21-23-24-25-26-27-28-29-30-31-32-36-40-44-48-61(66)78-57(52-72-59(64)46-42-38-35-22-18-14-10-6-2)54-76-80(69,70)74-50-55(62)49-73-79(67,68)75-53-56(77-60(65)47-43-39-34-20-16-12-8-4)51-71-58(63)45-41-37-33-19-15-11-7-3/h55-57,62H,5-54H2,1-4H3,(H,67,68)(H,69,70)/t55-,56+,57+/m0/s1. The molecule has 17 nitrogen and oxygen atoms in total. The molecule has 474 valence electrons. The molecule has 80 heavy (non-hydrogen) atoms. The highest BCUT2D eigenvalue weighted by Gasteiger charge is 2.30. The van der Waals surface area contributed by atoms with Crippen molar-refractivity contribution < 1.29 is 80.2 Å². The Bertz CT molecular complexity index is 1550. The zero-order valence-electron chi connectivity index (χ0n) is 51.0. The highest BCUT2D eigenvalue weighted by Crippen LogP contribution is 2.45. The Morgan fingerprint density at radius 2 is 0.500 bits per heavy atom. The molecule has 0 aliphatic rings. The van der Waals surface area contributed by atoms with E-state index in [4.69, 9.17) is 37.0 Å². The first kappa shape index (κ1) is 78.1. The van der Waals surface area contributed by atoms with Gasteiger partial charge in [0.15, 0.2) is 12.2 Å². The quantitative estimate of drug-likeness (QED) is 0.0222. The van der Waals surface area contributed by atoms with Gasteiger partial charge in [0.2, 0.25) is 0 Å². The molecule has 0 amide bonds. The molecule has 0 radical (unpaired) electrons. The number of unbranched alkanes of at least 4 members (excludes halogenated alkanes) is 36. The van der Waals surface area contributed by atoms with Gasteiger partial charge in [-0.15, -0.1) is 0 Å². The normalized spacial score (nSPS) is 14.2. The van der Waals surface area contributed by atoms with Gasteiger partial charge in [-0.25, -0.2) is 9.13 Å². The van der Waals surface area contributed by atoms with Crippen LogP contribution in [0.15, 0.2) is 0 Å². The average Bonchev–Trinajstić information content (AvgIpc) is 3.43. The predicted octanol–water partition coefficient (Wildman–Crippen LogP) is 16.8. The number of aliphatic hydroxyl groups is 1. The van der Waals surface area contributed by atoms with Crippen LogP contribution in [-0.2, 0) is 65.4 Å². The van der Waals surface area contributed by atoms with Crippen LogP contribution in [0.25, 0.3) is 0 Å². The Morgan fingerprint density at radius 3 is 0.738 bits per heavy atom. The summed E-state index contributed by atoms with van der Waals surface area (Å²) in [6.45, 7) is 4.76. The molecule has 0 saturated heterocycles. The van der Waals surface area contributed by atoms with Gasteiger partial charge in [-0.1, -0.05) is 259 Å². The Morgan fingerprint density at radius 1 is 0.300 bits per heavy atom. The fraction of sp³-hybridized carbons (Fsp3) is 0.934. The van der Waals surface area contributed by atoms with E-state index in [2.05, 4.69) is 27.7 Å². The van der Waals surface area contributed by atoms with Crippen molar-refractivity contribution >= 4 is 39.5 Å². The maximum atomic E-state index is 12.9. The number of phosphoric ester groups is 2. The fourth-order valence-electron chi connectivity index (χ4n) is 9.10. The summed E-state index contributed by atoms with van der Waals surface area (Å²) in [5.74, 6) is -2.15. The van der Waals surface area contributed by atoms with E-state index >= 15 is 0 Å². The zero-order valence-corrected chi connectivity index (χ0v) is 52.8. The molecule has 5 atom stereocenters. The maximum Gasteiger partial charge on any atom is 0.472 e. The van der Waals surface area contributed by atoms with Crippen LogP contribution in [-0.4, -0.2) is 96.7 Å². The van der Waals surface area contributed by atoms with E-state index in [0.717, 1.165) is 122 Å². The first-order valence-corrected chi connectivity index (χ1v) is 35.3. The van der Waals surface area contributed by atoms with E-state index in [0.29, 0.717) is 25.7 Å². The lowest BCUT2D eigenvalue weighted by Gasteiger charge is -2.21. The van der Waals surface area contributed by atoms with Crippen molar-refractivity contribution in [3.63, 3.8) is 0 Å². The summed E-state index contributed by atoms with van der Waals surface area (Å²) in [4.78, 5) is 71.7. The number of hydrogen-bond acceptors (Lipinski definition) is 15. The minimum atomic E-state index is -4.94. The molecule has 0 bridgehead atoms. The fourth-order valence-corrected chi connectivity index (χ4v) is 10.7. The summed E-state index contributed by atoms with van der Waals surface area (Å²) in [6.07, 6.45) is 40.7. The lowest BCUT2D eigenvalue weighted by Crippen LogP contribution is -2.30. The third-order valence-electron chi connectivity index (χ3n) is 14.1. The third kappa shape index (κ3) is 55.3. The lowest BCUT2D eigenvalue weighted by molar-refractivity contribution is -0.161. The summed E-state index contributed by atoms with van der Waals surface area (Å²) in [6, 6.07) is 0. The van der Waals surface area contributed by atoms with E-state index in [1.54, 1.807) is 0 Å². The smallest absolute Gasteiger partial charge is 0.462 e. The zero-order chi connectivity index (χ0) is 59.1. The number of carbonyl (C=O) groups is 4. The van der Waals surface area contributed by atoms with E-state index < -0.39 is 97.5 Å². The molecule has 19 heteroatoms. The van der Waals surface area contributed by atoms with E-state index in [1.165, 1.54) is 109 Å². The molecule has 0 rings (SSSR count). The Labute approximate surface area is 486 Å². The number of rotatable bonds is 62. The monoisotopic (exact) mass is 1180 g/mol. The molecule has 0 heterocycles. The van der Waals surface area contributed by atoms with Gasteiger partial charge >= 0.3 is 39.5 Å². The van der Waals surface area contributed by atoms with Crippen LogP contribution in [0.2, 0.25) is 0 Å². The lowest BCUT2D eigenvalue weighted by atomic mass is 10.0. The summed E-state index contributed by atoms with van der Waals surface area (Å²) >= 11 is 0. The second kappa shape index (κ2) is 56.2. The molecular weight excluding hydrogens is 1070 g/mol. The van der Waals surface area contributed by atoms with Gasteiger partial charge in [0.05, 0.1) is 26.4 Å². The first-order chi connectivity index (χ1) is 38.7. The molecular formula is C61H118O17P2. The van der Waals surface area contributed by atoms with Gasteiger partial charge in [0.1, 0.15) is 19.3 Å². The molecule has 0 saturated carbocycles. The Kier molecular flexibility index (Phi) is 54.8. The highest BCUT2D eigenvalue weighted by molar-refractivity contribution is 7.47. The van der Waals surface area contributed by atoms with Gasteiger partial charge in [-0.3, -0.25) is 37.3 Å². The van der Waals surface area contributed by atoms with Gasteiger partial charge in [-0.2, -0.15) is 0 Å². The number of hydrogen-bond donors (Lipinski definition) is 3. The molecule has 0 aliphatic heterocycles. The molecule has 0 aromatic rings. The van der Waals surface area contributed by atoms with Crippen LogP contribution in [0.3, 0.4) is 0 Å². The van der Waals surface area contributed by atoms with Crippen molar-refractivity contribution in [1.82, 2.24) is 0 Å². The van der Waals surface area contributed by atoms with Crippen LogP contribution in [0.5, 0.6) is 0 Å². The molecule has 0 fully saturated rings. The van der Waals surface area contributed by atoms with Crippen molar-refractivity contribution in [3.05, 3.63) is 0 Å². The molecule has 0 aromatic heterocycles. The van der Waals surface area contributed by atoms with Crippen molar-refractivity contribution in [2.45, 2.75) is 329 Å². The van der Waals surface area contributed by atoms with Gasteiger partial charge in [-0.05, 0) is 25.7 Å². The summed E-state index contributed by atoms with van der Waals surface area (Å²) < 4.78 is 67.6. The number of ether oxygens (including phenoxy) is 4. The number of esters is 4. The van der Waals surface area contributed by atoms with Gasteiger partial charge in [0, 0.05) is 25.7 Å². The Hall–Kier alpha value is -1.94. The molecule has 3 N–H and O–H groups in total. The molecule has 0 spiro atoms. The van der Waals surface area contributed by atoms with Crippen LogP contribution >= 0.6 is 15.6 Å². The number of phosphoric acid groups is 2. The van der Waals surface area contributed by atoms with Crippen molar-refractivity contribution in [3.8, 4) is 0 Å². The van der Waals surface area contributed by atoms with E-state index in [1.807, 2.05) is 0 Å². The summed E-state index contributed by atoms with van der Waals surface area (Å²) in [5, 5.41) is 10.5. The largest absolute Gasteiger partial charge is 0.472 e. The van der Waals surface area contributed by atoms with Crippen LogP contribution in [0.4, 0.5) is 0 Å². The number of aliphatic hydroxyl groups excluding tert-OH is 1. The SMILES string of the molecule is CCCCCCCCCCCCCCCCCCCCC(=O)O[C@H](COC(=O)CCCCCCCCCC)COP(=O)(O)OC[C@@H](O)COP(=O)(O)OC[C@@H](COC(=O)CCCCCCCCC)OC(=O)CCCCCCCCC. The van der Waals surface area contributed by atoms with Crippen LogP contribution in [0.1, 0.15) is 310 Å². The van der Waals surface area contributed by atoms with Crippen molar-refractivity contribution in [1.29, 1.82) is 0 Å². The minimum absolute atomic E-state index is 0.104. The second-order valence-corrected chi connectivity index (χ2v) is 25.0. The average molecular weight is 1190 g/mol. The third-order valence-corrected chi connectivity index (χ3v) is 16.0. The predicted molar refractivity (Wildman–Crippen MR) is 317 cm³/mol. The summed E-state index contributed by atoms with van der Waals surface area (Å²) in [7, 11) is -9.86. The maximum absolute atomic E-state index is 12.9. The molecule has 0 aromatic carbocycles. The Balaban J connectivity index is 5.09. The van der Waals surface area contributed by atoms with Crippen molar-refractivity contribution in [2.75, 3.05) is 39.6 Å². The van der Waals surface area contributed by atoms with E-state index in [9.17, 15) is 43.2 Å². The van der Waals surface area contributed by atoms with Gasteiger partial charge in [0.25, 0.3) is 0 Å². The van der Waals surface area contributed by atoms with Gasteiger partial charge < -0.3 is 33.8 Å². The molecule has 0 aliphatic carbocycles. The minimum Gasteiger partial charge on any atom is -0.462 e. The van der Waals surface area contributed by atoms with E-state index in [-0.39, 0.29) is 25.7 Å². The topological polar surface area (TPSA) is 237 Å². The second-order valence-electron chi connectivity index (χ2n) is 22.1. The van der Waals surface area contributed by atoms with Crippen LogP contribution < -0.4 is 0 Å². The van der Waals surface area contributed by atoms with Crippen LogP contribution in [0, 0.1) is 0 Å². The summed E-state index contributed by atoms with van der Waals surface area (Å²) in [5.41, 5.74) is 0. The van der Waals surface area contributed by atoms with Crippen molar-refractivity contribution in [2.24, 2.45) is 0 Å². The first-order valence-electron chi connectivity index (χ1n) is 32.3. The molecule has 2 unspecified atom stereocenters.